The van der Waals surface area contributed by atoms with Crippen molar-refractivity contribution in [2.45, 2.75) is 37.2 Å². The maximum atomic E-state index is 10.8. The van der Waals surface area contributed by atoms with Crippen molar-refractivity contribution >= 4 is 13.1 Å². The fraction of sp³-hybridized carbons (Fsp3) is 0.875. The predicted octanol–water partition coefficient (Wildman–Crippen LogP) is -1.60. The first-order valence-electron chi connectivity index (χ1n) is 4.91. The van der Waals surface area contributed by atoms with Gasteiger partial charge in [-0.15, -0.1) is 0 Å². The lowest BCUT2D eigenvalue weighted by molar-refractivity contribution is -0.143. The summed E-state index contributed by atoms with van der Waals surface area (Å²) in [5.74, 6) is -1.39. The number of aliphatic carboxylic acids is 1. The molecular weight excluding hydrogens is 201 g/mol. The second-order valence-corrected chi connectivity index (χ2v) is 4.25. The van der Waals surface area contributed by atoms with E-state index in [1.54, 1.807) is 0 Å². The highest BCUT2D eigenvalue weighted by Gasteiger charge is 2.47. The minimum absolute atomic E-state index is 0.0223. The van der Waals surface area contributed by atoms with Crippen molar-refractivity contribution < 1.29 is 25.1 Å². The van der Waals surface area contributed by atoms with Gasteiger partial charge in [0, 0.05) is 6.42 Å². The lowest BCUT2D eigenvalue weighted by Gasteiger charge is -2.17. The fourth-order valence-electron chi connectivity index (χ4n) is 2.06. The first kappa shape index (κ1) is 12.4. The predicted molar refractivity (Wildman–Crippen MR) is 52.9 cm³/mol. The van der Waals surface area contributed by atoms with E-state index in [0.29, 0.717) is 6.42 Å². The van der Waals surface area contributed by atoms with Crippen LogP contribution >= 0.6 is 0 Å². The third-order valence-electron chi connectivity index (χ3n) is 2.97. The molecule has 3 atom stereocenters. The monoisotopic (exact) mass is 217 g/mol. The van der Waals surface area contributed by atoms with Crippen LogP contribution in [0.25, 0.3) is 0 Å². The van der Waals surface area contributed by atoms with Crippen LogP contribution in [0.15, 0.2) is 0 Å². The summed E-state index contributed by atoms with van der Waals surface area (Å²) < 4.78 is 0. The van der Waals surface area contributed by atoms with Crippen LogP contribution in [0.1, 0.15) is 19.3 Å². The molecule has 0 aromatic rings. The van der Waals surface area contributed by atoms with Gasteiger partial charge in [-0.05, 0) is 25.1 Å². The molecule has 86 valence electrons. The highest BCUT2D eigenvalue weighted by molar-refractivity contribution is 6.40. The Morgan fingerprint density at radius 2 is 2.07 bits per heavy atom. The molecule has 0 amide bonds. The molecule has 0 bridgehead atoms. The minimum atomic E-state index is -1.42. The minimum Gasteiger partial charge on any atom is -0.480 e. The van der Waals surface area contributed by atoms with Gasteiger partial charge in [0.2, 0.25) is 0 Å². The summed E-state index contributed by atoms with van der Waals surface area (Å²) in [6.07, 6.45) is -0.0856. The van der Waals surface area contributed by atoms with Crippen LogP contribution in [0, 0.1) is 5.92 Å². The Balaban J connectivity index is 2.53. The van der Waals surface area contributed by atoms with Crippen molar-refractivity contribution in [3.05, 3.63) is 0 Å². The number of nitrogens with two attached hydrogens (primary N) is 1. The van der Waals surface area contributed by atoms with E-state index < -0.39 is 24.7 Å². The van der Waals surface area contributed by atoms with Crippen LogP contribution in [0.5, 0.6) is 0 Å². The number of aliphatic hydroxyl groups excluding tert-OH is 1. The quantitative estimate of drug-likeness (QED) is 0.361. The Morgan fingerprint density at radius 3 is 2.47 bits per heavy atom. The van der Waals surface area contributed by atoms with Gasteiger partial charge in [-0.25, -0.2) is 0 Å². The number of hydrogen-bond donors (Lipinski definition) is 5. The summed E-state index contributed by atoms with van der Waals surface area (Å²) in [5, 5.41) is 35.8. The third-order valence-corrected chi connectivity index (χ3v) is 2.97. The summed E-state index contributed by atoms with van der Waals surface area (Å²) in [5.41, 5.74) is 4.23. The number of hydrogen-bond acceptors (Lipinski definition) is 5. The molecule has 0 heterocycles. The lowest BCUT2D eigenvalue weighted by atomic mass is 9.80. The molecule has 1 rings (SSSR count). The maximum absolute atomic E-state index is 10.8. The van der Waals surface area contributed by atoms with Gasteiger partial charge in [-0.3, -0.25) is 4.79 Å². The van der Waals surface area contributed by atoms with Crippen LogP contribution in [0.4, 0.5) is 0 Å². The molecule has 0 aliphatic heterocycles. The molecule has 0 aromatic carbocycles. The fourth-order valence-corrected chi connectivity index (χ4v) is 2.06. The molecule has 0 saturated heterocycles. The van der Waals surface area contributed by atoms with E-state index in [0.717, 1.165) is 0 Å². The summed E-state index contributed by atoms with van der Waals surface area (Å²) in [6.45, 7) is 0. The summed E-state index contributed by atoms with van der Waals surface area (Å²) in [6, 6.07) is 0. The van der Waals surface area contributed by atoms with Crippen molar-refractivity contribution in [2.24, 2.45) is 11.7 Å². The van der Waals surface area contributed by atoms with Crippen LogP contribution in [-0.2, 0) is 4.79 Å². The van der Waals surface area contributed by atoms with Crippen LogP contribution < -0.4 is 5.73 Å². The smallest absolute Gasteiger partial charge is 0.451 e. The van der Waals surface area contributed by atoms with Gasteiger partial charge in [0.15, 0.2) is 0 Å². The summed E-state index contributed by atoms with van der Waals surface area (Å²) in [4.78, 5) is 10.8. The number of rotatable bonds is 4. The highest BCUT2D eigenvalue weighted by Crippen LogP contribution is 2.36. The van der Waals surface area contributed by atoms with Gasteiger partial charge in [0.25, 0.3) is 0 Å². The van der Waals surface area contributed by atoms with Crippen molar-refractivity contribution in [3.8, 4) is 0 Å². The SMILES string of the molecule is N[C@@]1(C(=O)O)CC(O)C(CCB(O)O)C1. The molecular formula is C8H16BNO5. The molecule has 0 radical (unpaired) electrons. The third kappa shape index (κ3) is 2.91. The molecule has 2 unspecified atom stereocenters. The molecule has 1 saturated carbocycles. The van der Waals surface area contributed by atoms with Crippen molar-refractivity contribution in [3.63, 3.8) is 0 Å². The number of aliphatic hydroxyl groups is 1. The largest absolute Gasteiger partial charge is 0.480 e. The van der Waals surface area contributed by atoms with Crippen molar-refractivity contribution in [1.82, 2.24) is 0 Å². The molecule has 0 spiro atoms. The maximum Gasteiger partial charge on any atom is 0.451 e. The van der Waals surface area contributed by atoms with Crippen molar-refractivity contribution in [1.29, 1.82) is 0 Å². The average molecular weight is 217 g/mol. The average Bonchev–Trinajstić information content (AvgIpc) is 2.39. The standard InChI is InChI=1S/C8H16BNO5/c10-8(7(12)13)3-5(6(11)4-8)1-2-9(14)15/h5-6,11,14-15H,1-4,10H2,(H,12,13)/t5?,6?,8-/m1/s1. The van der Waals surface area contributed by atoms with Crippen LogP contribution in [-0.4, -0.2) is 45.0 Å². The Morgan fingerprint density at radius 1 is 1.47 bits per heavy atom. The van der Waals surface area contributed by atoms with E-state index in [1.807, 2.05) is 0 Å². The number of carbonyl (C=O) groups is 1. The van der Waals surface area contributed by atoms with E-state index >= 15 is 0 Å². The van der Waals surface area contributed by atoms with Crippen LogP contribution in [0.2, 0.25) is 6.32 Å². The van der Waals surface area contributed by atoms with Gasteiger partial charge < -0.3 is 26.0 Å². The molecule has 15 heavy (non-hydrogen) atoms. The Labute approximate surface area is 87.9 Å². The molecule has 0 aromatic heterocycles. The highest BCUT2D eigenvalue weighted by atomic mass is 16.4. The Hall–Kier alpha value is -0.625. The van der Waals surface area contributed by atoms with Gasteiger partial charge >= 0.3 is 13.1 Å². The Bertz CT molecular complexity index is 249. The van der Waals surface area contributed by atoms with Crippen LogP contribution in [0.3, 0.4) is 0 Å². The van der Waals surface area contributed by atoms with Gasteiger partial charge in [-0.1, -0.05) is 0 Å². The van der Waals surface area contributed by atoms with E-state index in [1.165, 1.54) is 0 Å². The van der Waals surface area contributed by atoms with Gasteiger partial charge in [0.1, 0.15) is 5.54 Å². The number of carboxylic acids is 1. The van der Waals surface area contributed by atoms with Gasteiger partial charge in [0.05, 0.1) is 6.10 Å². The summed E-state index contributed by atoms with van der Waals surface area (Å²) in [7, 11) is -1.42. The zero-order valence-corrected chi connectivity index (χ0v) is 8.33. The first-order chi connectivity index (χ1) is 6.85. The zero-order chi connectivity index (χ0) is 11.6. The first-order valence-corrected chi connectivity index (χ1v) is 4.91. The topological polar surface area (TPSA) is 124 Å². The lowest BCUT2D eigenvalue weighted by Crippen LogP contribution is -2.45. The molecule has 1 aliphatic carbocycles. The van der Waals surface area contributed by atoms with E-state index in [-0.39, 0.29) is 25.1 Å². The molecule has 6 nitrogen and oxygen atoms in total. The van der Waals surface area contributed by atoms with Crippen molar-refractivity contribution in [2.75, 3.05) is 0 Å². The second-order valence-electron chi connectivity index (χ2n) is 4.25. The van der Waals surface area contributed by atoms with E-state index in [2.05, 4.69) is 0 Å². The molecule has 7 heteroatoms. The Kier molecular flexibility index (Phi) is 3.72. The normalized spacial score (nSPS) is 35.5. The molecule has 1 aliphatic rings. The van der Waals surface area contributed by atoms with E-state index in [4.69, 9.17) is 20.9 Å². The van der Waals surface area contributed by atoms with E-state index in [9.17, 15) is 9.90 Å². The molecule has 6 N–H and O–H groups in total. The second kappa shape index (κ2) is 4.48. The summed E-state index contributed by atoms with van der Waals surface area (Å²) >= 11 is 0. The number of carboxylic acid groups (broad SMARTS) is 1. The zero-order valence-electron chi connectivity index (χ0n) is 8.33. The van der Waals surface area contributed by atoms with Gasteiger partial charge in [-0.2, -0.15) is 0 Å². The molecule has 1 fully saturated rings.